The number of allylic oxidation sites excluding steroid dienone is 4. The Morgan fingerprint density at radius 3 is 1.79 bits per heavy atom. The summed E-state index contributed by atoms with van der Waals surface area (Å²) in [5, 5.41) is 0. The van der Waals surface area contributed by atoms with Gasteiger partial charge in [0.15, 0.2) is 0 Å². The van der Waals surface area contributed by atoms with Crippen LogP contribution in [-0.2, 0) is 10.8 Å². The number of hydrogen-bond acceptors (Lipinski definition) is 2. The second-order valence-corrected chi connectivity index (χ2v) is 16.5. The smallest absolute Gasteiger partial charge is 0.0557 e. The van der Waals surface area contributed by atoms with E-state index < -0.39 is 0 Å². The van der Waals surface area contributed by atoms with Crippen LogP contribution in [0.3, 0.4) is 0 Å². The number of rotatable bonds is 10. The fourth-order valence-corrected chi connectivity index (χ4v) is 9.41. The highest BCUT2D eigenvalue weighted by Crippen LogP contribution is 2.53. The molecule has 1 atom stereocenters. The highest BCUT2D eigenvalue weighted by molar-refractivity contribution is 5.92. The Morgan fingerprint density at radius 1 is 0.571 bits per heavy atom. The van der Waals surface area contributed by atoms with Gasteiger partial charge in [-0.2, -0.15) is 0 Å². The normalized spacial score (nSPS) is 16.4. The molecule has 0 N–H and O–H groups in total. The number of fused-ring (bicyclic) bond motifs is 4. The average molecular weight is 727 g/mol. The van der Waals surface area contributed by atoms with Crippen molar-refractivity contribution in [3.63, 3.8) is 0 Å². The van der Waals surface area contributed by atoms with Crippen LogP contribution in [-0.4, -0.2) is 6.04 Å². The molecule has 2 heteroatoms. The Bertz CT molecular complexity index is 2500. The van der Waals surface area contributed by atoms with E-state index in [2.05, 4.69) is 220 Å². The van der Waals surface area contributed by atoms with Crippen molar-refractivity contribution in [1.29, 1.82) is 0 Å². The number of benzene rings is 6. The average Bonchev–Trinajstić information content (AvgIpc) is 3.63. The molecule has 0 aromatic heterocycles. The minimum Gasteiger partial charge on any atom is -0.334 e. The second-order valence-electron chi connectivity index (χ2n) is 16.5. The molecule has 0 amide bonds. The van der Waals surface area contributed by atoms with Crippen molar-refractivity contribution >= 4 is 40.1 Å². The van der Waals surface area contributed by atoms with E-state index in [9.17, 15) is 0 Å². The number of para-hydroxylation sites is 2. The van der Waals surface area contributed by atoms with Crippen molar-refractivity contribution in [3.8, 4) is 11.1 Å². The van der Waals surface area contributed by atoms with Crippen LogP contribution in [0.5, 0.6) is 0 Å². The fourth-order valence-electron chi connectivity index (χ4n) is 9.41. The number of anilines is 5. The van der Waals surface area contributed by atoms with E-state index in [1.807, 2.05) is 0 Å². The topological polar surface area (TPSA) is 6.48 Å². The molecule has 0 saturated carbocycles. The monoisotopic (exact) mass is 726 g/mol. The van der Waals surface area contributed by atoms with Crippen LogP contribution >= 0.6 is 0 Å². The molecule has 0 spiro atoms. The molecule has 0 fully saturated rings. The van der Waals surface area contributed by atoms with Gasteiger partial charge in [-0.3, -0.25) is 0 Å². The molecular formula is C54H50N2. The zero-order valence-corrected chi connectivity index (χ0v) is 33.0. The summed E-state index contributed by atoms with van der Waals surface area (Å²) in [5.74, 6) is 0. The highest BCUT2D eigenvalue weighted by Gasteiger charge is 2.39. The lowest BCUT2D eigenvalue weighted by Crippen LogP contribution is -2.32. The highest BCUT2D eigenvalue weighted by atomic mass is 15.2. The molecule has 6 aromatic rings. The van der Waals surface area contributed by atoms with Crippen LogP contribution in [0.25, 0.3) is 22.8 Å². The molecule has 0 radical (unpaired) electrons. The van der Waals surface area contributed by atoms with Gasteiger partial charge in [-0.25, -0.2) is 0 Å². The molecule has 0 saturated heterocycles. The van der Waals surface area contributed by atoms with E-state index in [1.54, 1.807) is 0 Å². The van der Waals surface area contributed by atoms with Crippen molar-refractivity contribution in [3.05, 3.63) is 210 Å². The standard InChI is InChI=1S/C54H50N2/c1-6-42(36-41-35-40-17-13-15-23-50(40)53(41,2)3)55(43-18-9-7-10-19-43)45-29-25-38(26-30-45)39-27-31-46(32-28-39)56(44-20-11-8-12-21-44)47-33-34-49-48-22-14-16-24-51(48)54(4,5)52(49)37-47/h6-13,15,17-35,37,42H,1,14,16,36H2,2-5H3. The maximum Gasteiger partial charge on any atom is 0.0557 e. The predicted molar refractivity (Wildman–Crippen MR) is 240 cm³/mol. The zero-order chi connectivity index (χ0) is 38.4. The minimum atomic E-state index is -0.0302. The van der Waals surface area contributed by atoms with Crippen LogP contribution in [0.4, 0.5) is 28.4 Å². The predicted octanol–water partition coefficient (Wildman–Crippen LogP) is 14.7. The maximum absolute atomic E-state index is 4.37. The first kappa shape index (κ1) is 35.6. The van der Waals surface area contributed by atoms with E-state index in [0.717, 1.165) is 42.0 Å². The van der Waals surface area contributed by atoms with Crippen LogP contribution in [0.15, 0.2) is 188 Å². The SMILES string of the molecule is C=CC(CC1=Cc2ccccc2C1(C)C)N(c1ccccc1)c1ccc(-c2ccc(N(c3ccccc3)c3ccc4c(c3)C(C)(C)C3=CCCC=C34)cc2)cc1. The molecule has 9 rings (SSSR count). The van der Waals surface area contributed by atoms with E-state index in [1.165, 1.54) is 55.8 Å². The van der Waals surface area contributed by atoms with Crippen molar-refractivity contribution in [2.24, 2.45) is 0 Å². The summed E-state index contributed by atoms with van der Waals surface area (Å²) in [7, 11) is 0. The molecule has 0 bridgehead atoms. The first-order valence-electron chi connectivity index (χ1n) is 20.1. The molecular weight excluding hydrogens is 677 g/mol. The molecule has 56 heavy (non-hydrogen) atoms. The summed E-state index contributed by atoms with van der Waals surface area (Å²) in [6, 6.07) is 55.5. The largest absolute Gasteiger partial charge is 0.334 e. The van der Waals surface area contributed by atoms with Gasteiger partial charge in [0.1, 0.15) is 0 Å². The molecule has 1 unspecified atom stereocenters. The lowest BCUT2D eigenvalue weighted by Gasteiger charge is -2.35. The molecule has 276 valence electrons. The first-order valence-corrected chi connectivity index (χ1v) is 20.1. The third-order valence-corrected chi connectivity index (χ3v) is 12.5. The molecule has 6 aromatic carbocycles. The van der Waals surface area contributed by atoms with Gasteiger partial charge >= 0.3 is 0 Å². The van der Waals surface area contributed by atoms with Crippen molar-refractivity contribution in [2.45, 2.75) is 63.8 Å². The zero-order valence-electron chi connectivity index (χ0n) is 33.0. The minimum absolute atomic E-state index is 0.0199. The Labute approximate surface area is 333 Å². The summed E-state index contributed by atoms with van der Waals surface area (Å²) in [6.45, 7) is 13.8. The quantitative estimate of drug-likeness (QED) is 0.130. The number of nitrogens with zero attached hydrogens (tertiary/aromatic N) is 2. The third kappa shape index (κ3) is 6.14. The molecule has 0 aliphatic heterocycles. The van der Waals surface area contributed by atoms with E-state index in [4.69, 9.17) is 0 Å². The third-order valence-electron chi connectivity index (χ3n) is 12.5. The first-order chi connectivity index (χ1) is 27.2. The fraction of sp³-hybridized carbons (Fsp3) is 0.185. The van der Waals surface area contributed by atoms with E-state index in [0.29, 0.717) is 0 Å². The van der Waals surface area contributed by atoms with Gasteiger partial charge in [0, 0.05) is 39.3 Å². The van der Waals surface area contributed by atoms with E-state index in [-0.39, 0.29) is 16.9 Å². The van der Waals surface area contributed by atoms with Gasteiger partial charge in [0.05, 0.1) is 6.04 Å². The van der Waals surface area contributed by atoms with Crippen LogP contribution in [0.2, 0.25) is 0 Å². The van der Waals surface area contributed by atoms with Crippen molar-refractivity contribution in [2.75, 3.05) is 9.80 Å². The Kier molecular flexibility index (Phi) is 9.01. The van der Waals surface area contributed by atoms with Gasteiger partial charge in [-0.1, -0.05) is 149 Å². The van der Waals surface area contributed by atoms with E-state index >= 15 is 0 Å². The number of hydrogen-bond donors (Lipinski definition) is 0. The Morgan fingerprint density at radius 2 is 1.12 bits per heavy atom. The summed E-state index contributed by atoms with van der Waals surface area (Å²) >= 11 is 0. The lowest BCUT2D eigenvalue weighted by molar-refractivity contribution is 0.589. The Balaban J connectivity index is 1.02. The molecule has 3 aliphatic carbocycles. The van der Waals surface area contributed by atoms with Crippen molar-refractivity contribution < 1.29 is 0 Å². The summed E-state index contributed by atoms with van der Waals surface area (Å²) in [6.07, 6.45) is 12.5. The molecule has 0 heterocycles. The Hall–Kier alpha value is -6.12. The van der Waals surface area contributed by atoms with Gasteiger partial charge in [-0.15, -0.1) is 6.58 Å². The van der Waals surface area contributed by atoms with Crippen molar-refractivity contribution in [1.82, 2.24) is 0 Å². The van der Waals surface area contributed by atoms with Crippen LogP contribution in [0, 0.1) is 0 Å². The molecule has 2 nitrogen and oxygen atoms in total. The molecule has 3 aliphatic rings. The van der Waals surface area contributed by atoms with Crippen LogP contribution in [0.1, 0.15) is 69.2 Å². The van der Waals surface area contributed by atoms with Gasteiger partial charge in [0.2, 0.25) is 0 Å². The second kappa shape index (κ2) is 14.2. The summed E-state index contributed by atoms with van der Waals surface area (Å²) < 4.78 is 0. The maximum atomic E-state index is 4.37. The lowest BCUT2D eigenvalue weighted by atomic mass is 9.79. The van der Waals surface area contributed by atoms with Gasteiger partial charge in [-0.05, 0) is 124 Å². The summed E-state index contributed by atoms with van der Waals surface area (Å²) in [5.41, 5.74) is 18.0. The summed E-state index contributed by atoms with van der Waals surface area (Å²) in [4.78, 5) is 4.83. The van der Waals surface area contributed by atoms with Gasteiger partial charge < -0.3 is 9.80 Å². The van der Waals surface area contributed by atoms with Crippen LogP contribution < -0.4 is 9.80 Å². The van der Waals surface area contributed by atoms with Gasteiger partial charge in [0.25, 0.3) is 0 Å².